The van der Waals surface area contributed by atoms with Gasteiger partial charge in [0.25, 0.3) is 0 Å². The van der Waals surface area contributed by atoms with Crippen molar-refractivity contribution in [3.8, 4) is 0 Å². The Morgan fingerprint density at radius 1 is 0.649 bits per heavy atom. The van der Waals surface area contributed by atoms with Crippen LogP contribution in [-0.4, -0.2) is 33.0 Å². The summed E-state index contributed by atoms with van der Waals surface area (Å²) in [5, 5.41) is 0. The smallest absolute Gasteiger partial charge is 0.310 e. The minimum absolute atomic E-state index is 0.106. The molecule has 0 aromatic carbocycles. The van der Waals surface area contributed by atoms with E-state index >= 15 is 0 Å². The number of aryl methyl sites for hydroxylation is 4. The zero-order valence-corrected chi connectivity index (χ0v) is 23.2. The van der Waals surface area contributed by atoms with Crippen molar-refractivity contribution in [2.45, 2.75) is 61.8 Å². The highest BCUT2D eigenvalue weighted by Crippen LogP contribution is 2.37. The molecule has 2 aliphatic heterocycles. The standard InChI is InChI=1S/C31H34N4O2/c1-14-16(3)25-12-27-18(5)20(7)30(34-27)22(10-29(36)37-9)31-21(8)19(6)28(35-31)13-26-17(4)15(2)24(33-26)11-23(14)32-25/h11-13,32-33H,10H2,1-9H3. The summed E-state index contributed by atoms with van der Waals surface area (Å²) in [6, 6.07) is 6.42. The number of aromatic nitrogens is 4. The first-order chi connectivity index (χ1) is 17.5. The normalized spacial score (nSPS) is 13.5. The highest BCUT2D eigenvalue weighted by Gasteiger charge is 2.25. The zero-order chi connectivity index (χ0) is 26.8. The van der Waals surface area contributed by atoms with Crippen LogP contribution in [0.5, 0.6) is 0 Å². The van der Waals surface area contributed by atoms with Gasteiger partial charge in [0.05, 0.1) is 36.3 Å². The van der Waals surface area contributed by atoms with Gasteiger partial charge in [0.15, 0.2) is 0 Å². The van der Waals surface area contributed by atoms with Crippen molar-refractivity contribution in [1.82, 2.24) is 19.9 Å². The summed E-state index contributed by atoms with van der Waals surface area (Å²) < 4.78 is 5.08. The largest absolute Gasteiger partial charge is 0.469 e. The van der Waals surface area contributed by atoms with Crippen molar-refractivity contribution < 1.29 is 9.53 Å². The van der Waals surface area contributed by atoms with Gasteiger partial charge in [-0.15, -0.1) is 0 Å². The quantitative estimate of drug-likeness (QED) is 0.370. The van der Waals surface area contributed by atoms with Crippen LogP contribution in [0.2, 0.25) is 0 Å². The first kappa shape index (κ1) is 24.8. The highest BCUT2D eigenvalue weighted by molar-refractivity contribution is 5.97. The number of nitrogens with zero attached hydrogens (tertiary/aromatic N) is 2. The number of hydrogen-bond donors (Lipinski definition) is 2. The van der Waals surface area contributed by atoms with Gasteiger partial charge in [0, 0.05) is 27.6 Å². The number of carbonyl (C=O) groups is 1. The van der Waals surface area contributed by atoms with E-state index in [-0.39, 0.29) is 12.4 Å². The molecular weight excluding hydrogens is 460 g/mol. The topological polar surface area (TPSA) is 83.7 Å². The van der Waals surface area contributed by atoms with Gasteiger partial charge in [-0.2, -0.15) is 0 Å². The average Bonchev–Trinajstić information content (AvgIpc) is 3.50. The Labute approximate surface area is 217 Å². The molecule has 0 saturated carbocycles. The number of ether oxygens (including phenoxy) is 1. The third-order valence-electron chi connectivity index (χ3n) is 8.32. The molecule has 6 nitrogen and oxygen atoms in total. The Balaban J connectivity index is 2.02. The molecule has 0 fully saturated rings. The number of esters is 1. The van der Waals surface area contributed by atoms with Gasteiger partial charge in [0.2, 0.25) is 0 Å². The molecule has 3 aromatic heterocycles. The lowest BCUT2D eigenvalue weighted by Gasteiger charge is -2.08. The second-order valence-electron chi connectivity index (χ2n) is 10.3. The predicted octanol–water partition coefficient (Wildman–Crippen LogP) is 7.17. The van der Waals surface area contributed by atoms with Crippen LogP contribution in [0.25, 0.3) is 44.4 Å². The SMILES string of the molecule is COC(=O)Cc1c2nc(cc3[nH]c(cc4[nH]c(cc5nc1C(C)=C5C)c(C)c4C)c(C)c3C)C(C)=C2C. The second-order valence-corrected chi connectivity index (χ2v) is 10.3. The highest BCUT2D eigenvalue weighted by atomic mass is 16.5. The van der Waals surface area contributed by atoms with Crippen LogP contribution in [-0.2, 0) is 16.0 Å². The molecule has 0 amide bonds. The summed E-state index contributed by atoms with van der Waals surface area (Å²) in [6.07, 6.45) is 0.106. The van der Waals surface area contributed by atoms with E-state index < -0.39 is 0 Å². The third-order valence-corrected chi connectivity index (χ3v) is 8.32. The van der Waals surface area contributed by atoms with Crippen LogP contribution in [0.15, 0.2) is 18.2 Å². The van der Waals surface area contributed by atoms with Gasteiger partial charge in [-0.25, -0.2) is 9.97 Å². The van der Waals surface area contributed by atoms with Crippen LogP contribution < -0.4 is 0 Å². The van der Waals surface area contributed by atoms with Crippen molar-refractivity contribution in [3.63, 3.8) is 0 Å². The second kappa shape index (κ2) is 8.87. The molecule has 0 saturated heterocycles. The van der Waals surface area contributed by atoms with E-state index in [0.717, 1.165) is 72.7 Å². The van der Waals surface area contributed by atoms with Crippen LogP contribution >= 0.6 is 0 Å². The molecule has 37 heavy (non-hydrogen) atoms. The average molecular weight is 495 g/mol. The van der Waals surface area contributed by atoms with Gasteiger partial charge in [0.1, 0.15) is 0 Å². The molecule has 190 valence electrons. The lowest BCUT2D eigenvalue weighted by molar-refractivity contribution is -0.139. The van der Waals surface area contributed by atoms with E-state index in [2.05, 4.69) is 83.6 Å². The fraction of sp³-hybridized carbons (Fsp3) is 0.323. The van der Waals surface area contributed by atoms with Crippen LogP contribution in [0.1, 0.15) is 78.3 Å². The summed E-state index contributed by atoms with van der Waals surface area (Å²) >= 11 is 0. The van der Waals surface area contributed by atoms with Crippen LogP contribution in [0.4, 0.5) is 0 Å². The number of allylic oxidation sites excluding steroid dienone is 4. The van der Waals surface area contributed by atoms with E-state index in [1.165, 1.54) is 29.4 Å². The Morgan fingerprint density at radius 2 is 1.03 bits per heavy atom. The first-order valence-corrected chi connectivity index (χ1v) is 12.7. The molecule has 6 heteroatoms. The number of H-pyrrole nitrogens is 2. The summed E-state index contributed by atoms with van der Waals surface area (Å²) in [5.74, 6) is -0.308. The molecule has 3 aromatic rings. The number of methoxy groups -OCH3 is 1. The number of carbonyl (C=O) groups excluding carboxylic acids is 1. The molecule has 2 N–H and O–H groups in total. The van der Waals surface area contributed by atoms with Gasteiger partial charge in [-0.05, 0) is 118 Å². The molecule has 0 spiro atoms. The number of nitrogens with one attached hydrogen (secondary N) is 2. The van der Waals surface area contributed by atoms with Crippen LogP contribution in [0.3, 0.4) is 0 Å². The van der Waals surface area contributed by atoms with Gasteiger partial charge in [-0.1, -0.05) is 0 Å². The van der Waals surface area contributed by atoms with Crippen molar-refractivity contribution in [2.75, 3.05) is 7.11 Å². The lowest BCUT2D eigenvalue weighted by atomic mass is 9.98. The Hall–Kier alpha value is -3.93. The first-order valence-electron chi connectivity index (χ1n) is 12.7. The lowest BCUT2D eigenvalue weighted by Crippen LogP contribution is -2.09. The maximum Gasteiger partial charge on any atom is 0.310 e. The van der Waals surface area contributed by atoms with E-state index in [0.29, 0.717) is 0 Å². The molecule has 5 heterocycles. The Morgan fingerprint density at radius 3 is 1.41 bits per heavy atom. The van der Waals surface area contributed by atoms with Crippen molar-refractivity contribution >= 4 is 50.3 Å². The monoisotopic (exact) mass is 494 g/mol. The maximum atomic E-state index is 12.6. The minimum atomic E-state index is -0.308. The van der Waals surface area contributed by atoms with E-state index in [4.69, 9.17) is 14.7 Å². The molecule has 8 bridgehead atoms. The Bertz CT molecular complexity index is 1610. The molecule has 0 radical (unpaired) electrons. The molecular formula is C31H34N4O2. The van der Waals surface area contributed by atoms with Crippen molar-refractivity contribution in [3.05, 3.63) is 68.8 Å². The summed E-state index contributed by atoms with van der Waals surface area (Å²) in [7, 11) is 1.42. The fourth-order valence-corrected chi connectivity index (χ4v) is 5.15. The molecule has 0 unspecified atom stereocenters. The van der Waals surface area contributed by atoms with Crippen molar-refractivity contribution in [2.24, 2.45) is 0 Å². The number of hydrogen-bond acceptors (Lipinski definition) is 4. The van der Waals surface area contributed by atoms with E-state index in [1.807, 2.05) is 0 Å². The van der Waals surface area contributed by atoms with Gasteiger partial charge >= 0.3 is 5.97 Å². The number of aromatic amines is 2. The third kappa shape index (κ3) is 3.91. The fourth-order valence-electron chi connectivity index (χ4n) is 5.15. The summed E-state index contributed by atoms with van der Waals surface area (Å²) in [5.41, 5.74) is 17.5. The Kier molecular flexibility index (Phi) is 5.94. The minimum Gasteiger partial charge on any atom is -0.469 e. The molecule has 0 atom stereocenters. The summed E-state index contributed by atoms with van der Waals surface area (Å²) in [6.45, 7) is 16.9. The molecule has 2 aliphatic rings. The van der Waals surface area contributed by atoms with Crippen LogP contribution in [0, 0.1) is 27.7 Å². The summed E-state index contributed by atoms with van der Waals surface area (Å²) in [4.78, 5) is 29.9. The maximum absolute atomic E-state index is 12.6. The van der Waals surface area contributed by atoms with E-state index in [9.17, 15) is 4.79 Å². The number of fused-ring (bicyclic) bond motifs is 8. The molecule has 5 rings (SSSR count). The zero-order valence-electron chi connectivity index (χ0n) is 23.2. The van der Waals surface area contributed by atoms with Crippen molar-refractivity contribution in [1.29, 1.82) is 0 Å². The van der Waals surface area contributed by atoms with Gasteiger partial charge in [-0.3, -0.25) is 4.79 Å². The number of rotatable bonds is 2. The predicted molar refractivity (Wildman–Crippen MR) is 152 cm³/mol. The van der Waals surface area contributed by atoms with E-state index in [1.54, 1.807) is 0 Å². The molecule has 0 aliphatic carbocycles. The van der Waals surface area contributed by atoms with Gasteiger partial charge < -0.3 is 14.7 Å².